The number of azo groups is 1. The van der Waals surface area contributed by atoms with Gasteiger partial charge in [0.2, 0.25) is 9.84 Å². The number of aliphatic imine (C=N–C) groups is 1. The molecule has 0 aliphatic carbocycles. The number of hydrogen-bond acceptors (Lipinski definition) is 15. The SMILES string of the molecule is O=S(=O)([O-])c1cc(Cl)cc(N=Nc2c3c(c4ccccc4c2[O-])OCS3(=O)=O)c1[O-].O=[N+]([O-])c1cc(Cl)c([O-])c(N=Cc2ccccc2[O-])c1.[Cr+3].[Na+].[Na+]. The standard InChI is InChI=1S/C17H11ClN2O8S2.C13H9ClN2O4.Cr.2Na/c18-8-5-11(15(22)12(6-8)30(25,26)27)19-20-13-14(21)9-3-1-2-4-10(9)16-17(13)29(23,24)7-28-16;14-10-5-9(16(19)20)6-11(13(10)18)15-7-8-3-1-2-4-12(8)17;;;/h1-6,21-22H,7H2,(H,25,26,27);1-7,17-18H;;;/q;;+3;2*+1/p-5. The number of ether oxygens (including phenoxy) is 1. The summed E-state index contributed by atoms with van der Waals surface area (Å²) in [6.45, 7) is 0. The first kappa shape index (κ1) is 46.2. The van der Waals surface area contributed by atoms with Gasteiger partial charge in [-0.3, -0.25) is 15.1 Å². The minimum atomic E-state index is -5.15. The summed E-state index contributed by atoms with van der Waals surface area (Å²) >= 11 is 11.4. The van der Waals surface area contributed by atoms with Crippen LogP contribution in [0.4, 0.5) is 22.7 Å². The molecule has 0 saturated carbocycles. The second-order valence-corrected chi connectivity index (χ2v) is 14.1. The van der Waals surface area contributed by atoms with Crippen LogP contribution in [0, 0.1) is 10.1 Å². The first-order valence-electron chi connectivity index (χ1n) is 13.4. The molecule has 1 radical (unpaired) electrons. The van der Waals surface area contributed by atoms with Crippen LogP contribution < -0.4 is 84.3 Å². The number of sulfone groups is 1. The summed E-state index contributed by atoms with van der Waals surface area (Å²) in [5.41, 5.74) is -1.51. The van der Waals surface area contributed by atoms with Gasteiger partial charge in [-0.15, -0.1) is 10.9 Å². The maximum atomic E-state index is 12.9. The van der Waals surface area contributed by atoms with Crippen LogP contribution in [0.3, 0.4) is 0 Å². The van der Waals surface area contributed by atoms with E-state index in [9.17, 15) is 51.9 Å². The summed E-state index contributed by atoms with van der Waals surface area (Å²) in [6, 6.07) is 15.7. The summed E-state index contributed by atoms with van der Waals surface area (Å²) in [5, 5.41) is 65.9. The van der Waals surface area contributed by atoms with Gasteiger partial charge in [-0.25, -0.2) is 16.8 Å². The molecule has 1 heterocycles. The maximum Gasteiger partial charge on any atom is 3.00 e. The van der Waals surface area contributed by atoms with Crippen LogP contribution in [0.25, 0.3) is 10.8 Å². The summed E-state index contributed by atoms with van der Waals surface area (Å²) < 4.78 is 63.8. The number of rotatable bonds is 6. The molecule has 23 heteroatoms. The molecule has 0 atom stereocenters. The first-order chi connectivity index (χ1) is 23.5. The number of non-ortho nitro benzene ring substituents is 1. The number of hydrogen-bond donors (Lipinski definition) is 0. The van der Waals surface area contributed by atoms with Gasteiger partial charge in [-0.1, -0.05) is 89.0 Å². The number of nitro benzene ring substituents is 1. The number of halogens is 2. The van der Waals surface area contributed by atoms with Crippen molar-refractivity contribution in [3.8, 4) is 28.7 Å². The topological polar surface area (TPSA) is 273 Å². The Labute approximate surface area is 365 Å². The average Bonchev–Trinajstić information content (AvgIpc) is 3.38. The average molecular weight is 856 g/mol. The van der Waals surface area contributed by atoms with Crippen molar-refractivity contribution in [1.29, 1.82) is 0 Å². The first-order valence-corrected chi connectivity index (χ1v) is 17.3. The van der Waals surface area contributed by atoms with Crippen molar-refractivity contribution in [3.63, 3.8) is 0 Å². The van der Waals surface area contributed by atoms with E-state index in [4.69, 9.17) is 27.9 Å². The van der Waals surface area contributed by atoms with E-state index in [1.165, 1.54) is 30.5 Å². The molecular weight excluding hydrogens is 841 g/mol. The minimum Gasteiger partial charge on any atom is -0.872 e. The Hall–Kier alpha value is -3.00. The molecule has 0 saturated heterocycles. The van der Waals surface area contributed by atoms with Crippen LogP contribution in [0.5, 0.6) is 28.7 Å². The summed E-state index contributed by atoms with van der Waals surface area (Å²) in [4.78, 5) is 12.2. The molecule has 6 rings (SSSR count). The molecule has 53 heavy (non-hydrogen) atoms. The van der Waals surface area contributed by atoms with E-state index >= 15 is 0 Å². The van der Waals surface area contributed by atoms with Crippen molar-refractivity contribution in [3.05, 3.63) is 98.5 Å². The zero-order valence-electron chi connectivity index (χ0n) is 26.9. The largest absolute Gasteiger partial charge is 3.00 e. The third-order valence-electron chi connectivity index (χ3n) is 6.73. The molecule has 0 bridgehead atoms. The zero-order valence-corrected chi connectivity index (χ0v) is 35.3. The predicted molar refractivity (Wildman–Crippen MR) is 170 cm³/mol. The van der Waals surface area contributed by atoms with Crippen LogP contribution >= 0.6 is 23.2 Å². The van der Waals surface area contributed by atoms with Crippen molar-refractivity contribution in [2.45, 2.75) is 9.79 Å². The monoisotopic (exact) mass is 855 g/mol. The molecule has 5 aromatic carbocycles. The zero-order chi connectivity index (χ0) is 36.5. The normalized spacial score (nSPS) is 12.8. The second kappa shape index (κ2) is 18.6. The third kappa shape index (κ3) is 10.2. The Balaban J connectivity index is 0.000000373. The molecule has 0 N–H and O–H groups in total. The van der Waals surface area contributed by atoms with Crippen LogP contribution in [-0.4, -0.2) is 38.5 Å². The van der Waals surface area contributed by atoms with Crippen LogP contribution in [0.1, 0.15) is 5.56 Å². The Morgan fingerprint density at radius 1 is 0.830 bits per heavy atom. The van der Waals surface area contributed by atoms with Crippen molar-refractivity contribution in [1.82, 2.24) is 0 Å². The summed E-state index contributed by atoms with van der Waals surface area (Å²) in [5.74, 6) is -3.75. The van der Waals surface area contributed by atoms with Crippen molar-refractivity contribution >= 4 is 82.9 Å². The van der Waals surface area contributed by atoms with Crippen LogP contribution in [0.2, 0.25) is 10.0 Å². The van der Waals surface area contributed by atoms with Gasteiger partial charge in [-0.05, 0) is 23.1 Å². The second-order valence-electron chi connectivity index (χ2n) is 9.99. The van der Waals surface area contributed by atoms with E-state index in [1.54, 1.807) is 24.3 Å². The van der Waals surface area contributed by atoms with Crippen molar-refractivity contribution in [2.75, 3.05) is 5.94 Å². The van der Waals surface area contributed by atoms with Gasteiger partial charge < -0.3 is 29.7 Å². The van der Waals surface area contributed by atoms with E-state index in [-0.39, 0.29) is 126 Å². The van der Waals surface area contributed by atoms with Crippen molar-refractivity contribution in [2.24, 2.45) is 15.2 Å². The molecule has 5 aromatic rings. The number of fused-ring (bicyclic) bond motifs is 3. The van der Waals surface area contributed by atoms with E-state index in [1.807, 2.05) is 0 Å². The van der Waals surface area contributed by atoms with Crippen LogP contribution in [0.15, 0.2) is 97.8 Å². The fourth-order valence-corrected chi connectivity index (χ4v) is 6.83. The molecular formula is C30H15Cl2CrN4Na2O12S2. The van der Waals surface area contributed by atoms with Gasteiger partial charge in [0.05, 0.1) is 21.2 Å². The quantitative estimate of drug-likeness (QED) is 0.0459. The molecule has 0 spiro atoms. The predicted octanol–water partition coefficient (Wildman–Crippen LogP) is -1.76. The molecule has 16 nitrogen and oxygen atoms in total. The van der Waals surface area contributed by atoms with E-state index in [0.29, 0.717) is 6.07 Å². The van der Waals surface area contributed by atoms with Gasteiger partial charge >= 0.3 is 76.5 Å². The summed E-state index contributed by atoms with van der Waals surface area (Å²) in [7, 11) is -9.18. The van der Waals surface area contributed by atoms with Crippen molar-refractivity contribution < 1.29 is 128 Å². The van der Waals surface area contributed by atoms with E-state index < -0.39 is 69.2 Å². The molecule has 261 valence electrons. The van der Waals surface area contributed by atoms with E-state index in [2.05, 4.69) is 15.2 Å². The molecule has 1 aliphatic heterocycles. The van der Waals surface area contributed by atoms with Gasteiger partial charge in [0.15, 0.2) is 5.94 Å². The van der Waals surface area contributed by atoms with Crippen LogP contribution in [-0.2, 0) is 37.3 Å². The van der Waals surface area contributed by atoms with Gasteiger partial charge in [0.25, 0.3) is 5.69 Å². The Kier molecular flexibility index (Phi) is 16.2. The molecule has 0 amide bonds. The smallest absolute Gasteiger partial charge is 0.872 e. The number of para-hydroxylation sites is 1. The van der Waals surface area contributed by atoms with E-state index in [0.717, 1.165) is 18.2 Å². The Morgan fingerprint density at radius 2 is 1.45 bits per heavy atom. The number of nitro groups is 1. The Bertz CT molecular complexity index is 2510. The molecule has 1 aliphatic rings. The van der Waals surface area contributed by atoms with Gasteiger partial charge in [0, 0.05) is 33.8 Å². The number of nitrogens with zero attached hydrogens (tertiary/aromatic N) is 4. The number of benzene rings is 5. The van der Waals surface area contributed by atoms with Gasteiger partial charge in [0.1, 0.15) is 26.5 Å². The Morgan fingerprint density at radius 3 is 2.08 bits per heavy atom. The molecule has 0 aromatic heterocycles. The minimum absolute atomic E-state index is 0. The molecule has 0 unspecified atom stereocenters. The fraction of sp³-hybridized carbons (Fsp3) is 0.0333. The summed E-state index contributed by atoms with van der Waals surface area (Å²) in [6.07, 6.45) is 1.18. The molecule has 0 fully saturated rings. The van der Waals surface area contributed by atoms with Gasteiger partial charge in [-0.2, -0.15) is 5.11 Å². The third-order valence-corrected chi connectivity index (χ3v) is 9.50. The fourth-order valence-electron chi connectivity index (χ4n) is 4.47. The maximum absolute atomic E-state index is 12.9.